The predicted octanol–water partition coefficient (Wildman–Crippen LogP) is 1.12. The Morgan fingerprint density at radius 2 is 2.09 bits per heavy atom. The molecule has 0 N–H and O–H groups in total. The molecule has 2 atom stereocenters. The van der Waals surface area contributed by atoms with Crippen molar-refractivity contribution < 1.29 is 14.3 Å². The molecule has 2 rings (SSSR count). The minimum absolute atomic E-state index is 0.0382. The van der Waals surface area contributed by atoms with Crippen LogP contribution in [0.2, 0.25) is 0 Å². The van der Waals surface area contributed by atoms with Crippen LogP contribution in [-0.4, -0.2) is 93.0 Å². The molecular weight excluding hydrogens is 282 g/mol. The second-order valence-electron chi connectivity index (χ2n) is 7.25. The van der Waals surface area contributed by atoms with E-state index in [2.05, 4.69) is 25.8 Å². The molecule has 0 aromatic heterocycles. The van der Waals surface area contributed by atoms with Gasteiger partial charge in [0.05, 0.1) is 26.4 Å². The third kappa shape index (κ3) is 4.12. The van der Waals surface area contributed by atoms with Crippen LogP contribution in [0.1, 0.15) is 20.3 Å². The molecule has 0 aromatic rings. The molecule has 2 fully saturated rings. The van der Waals surface area contributed by atoms with E-state index in [9.17, 15) is 4.79 Å². The van der Waals surface area contributed by atoms with Crippen LogP contribution < -0.4 is 0 Å². The van der Waals surface area contributed by atoms with Gasteiger partial charge in [-0.2, -0.15) is 0 Å². The summed E-state index contributed by atoms with van der Waals surface area (Å²) < 4.78 is 11.9. The SMILES string of the molecule is CC(C)N(C)C[C@H]1CO[C@]2(COCCN(C(=O)N(C)C)C2)C1. The molecule has 22 heavy (non-hydrogen) atoms. The third-order valence-electron chi connectivity index (χ3n) is 4.72. The molecule has 0 radical (unpaired) electrons. The molecule has 0 aromatic carbocycles. The summed E-state index contributed by atoms with van der Waals surface area (Å²) in [5, 5.41) is 0. The Kier molecular flexibility index (Phi) is 5.69. The zero-order valence-electron chi connectivity index (χ0n) is 14.7. The average Bonchev–Trinajstić information content (AvgIpc) is 2.71. The lowest BCUT2D eigenvalue weighted by Crippen LogP contribution is -2.49. The molecule has 2 aliphatic rings. The Hall–Kier alpha value is -0.850. The van der Waals surface area contributed by atoms with Gasteiger partial charge in [0.15, 0.2) is 0 Å². The first kappa shape index (κ1) is 17.5. The Labute approximate surface area is 134 Å². The minimum atomic E-state index is -0.329. The summed E-state index contributed by atoms with van der Waals surface area (Å²) in [6.45, 7) is 8.64. The van der Waals surface area contributed by atoms with Crippen LogP contribution >= 0.6 is 0 Å². The molecule has 6 heteroatoms. The van der Waals surface area contributed by atoms with Crippen molar-refractivity contribution in [2.75, 3.05) is 60.6 Å². The van der Waals surface area contributed by atoms with Gasteiger partial charge in [0, 0.05) is 33.2 Å². The standard InChI is InChI=1S/C16H31N3O3/c1-13(2)18(5)9-14-8-16(22-10-14)11-19(6-7-21-12-16)15(20)17(3)4/h13-14H,6-12H2,1-5H3/t14-,16+/m0/s1. The highest BCUT2D eigenvalue weighted by Crippen LogP contribution is 2.33. The number of urea groups is 1. The average molecular weight is 313 g/mol. The van der Waals surface area contributed by atoms with Crippen molar-refractivity contribution in [2.45, 2.75) is 31.9 Å². The molecule has 2 heterocycles. The second-order valence-corrected chi connectivity index (χ2v) is 7.25. The monoisotopic (exact) mass is 313 g/mol. The van der Waals surface area contributed by atoms with Gasteiger partial charge in [-0.05, 0) is 33.2 Å². The fourth-order valence-corrected chi connectivity index (χ4v) is 3.24. The van der Waals surface area contributed by atoms with Gasteiger partial charge in [-0.25, -0.2) is 4.79 Å². The summed E-state index contributed by atoms with van der Waals surface area (Å²) in [5.41, 5.74) is -0.329. The van der Waals surface area contributed by atoms with Crippen LogP contribution in [0.5, 0.6) is 0 Å². The van der Waals surface area contributed by atoms with Gasteiger partial charge in [-0.1, -0.05) is 0 Å². The van der Waals surface area contributed by atoms with Gasteiger partial charge in [-0.15, -0.1) is 0 Å². The molecular formula is C16H31N3O3. The van der Waals surface area contributed by atoms with E-state index in [-0.39, 0.29) is 11.6 Å². The maximum absolute atomic E-state index is 12.3. The highest BCUT2D eigenvalue weighted by atomic mass is 16.5. The zero-order valence-corrected chi connectivity index (χ0v) is 14.7. The third-order valence-corrected chi connectivity index (χ3v) is 4.72. The maximum atomic E-state index is 12.3. The smallest absolute Gasteiger partial charge is 0.319 e. The normalized spacial score (nSPS) is 29.4. The molecule has 2 aliphatic heterocycles. The van der Waals surface area contributed by atoms with Gasteiger partial charge in [0.25, 0.3) is 0 Å². The van der Waals surface area contributed by atoms with E-state index in [1.165, 1.54) is 0 Å². The molecule has 0 saturated carbocycles. The number of carbonyl (C=O) groups is 1. The first-order valence-corrected chi connectivity index (χ1v) is 8.21. The van der Waals surface area contributed by atoms with E-state index in [0.29, 0.717) is 38.3 Å². The number of amides is 2. The van der Waals surface area contributed by atoms with Crippen molar-refractivity contribution in [2.24, 2.45) is 5.92 Å². The van der Waals surface area contributed by atoms with E-state index in [4.69, 9.17) is 9.47 Å². The molecule has 0 bridgehead atoms. The number of ether oxygens (including phenoxy) is 2. The Balaban J connectivity index is 1.99. The summed E-state index contributed by atoms with van der Waals surface area (Å²) in [7, 11) is 5.73. The summed E-state index contributed by atoms with van der Waals surface area (Å²) in [4.78, 5) is 18.1. The summed E-state index contributed by atoms with van der Waals surface area (Å²) >= 11 is 0. The first-order chi connectivity index (χ1) is 10.3. The maximum Gasteiger partial charge on any atom is 0.319 e. The molecule has 0 unspecified atom stereocenters. The number of rotatable bonds is 3. The van der Waals surface area contributed by atoms with Gasteiger partial charge in [0.1, 0.15) is 5.60 Å². The van der Waals surface area contributed by atoms with Crippen molar-refractivity contribution in [3.63, 3.8) is 0 Å². The molecule has 6 nitrogen and oxygen atoms in total. The van der Waals surface area contributed by atoms with Gasteiger partial charge in [0.2, 0.25) is 0 Å². The van der Waals surface area contributed by atoms with Crippen LogP contribution in [-0.2, 0) is 9.47 Å². The van der Waals surface area contributed by atoms with Crippen molar-refractivity contribution in [1.29, 1.82) is 0 Å². The number of carbonyl (C=O) groups excluding carboxylic acids is 1. The molecule has 1 spiro atoms. The second kappa shape index (κ2) is 7.15. The van der Waals surface area contributed by atoms with E-state index < -0.39 is 0 Å². The van der Waals surface area contributed by atoms with Gasteiger partial charge in [-0.3, -0.25) is 0 Å². The lowest BCUT2D eigenvalue weighted by Gasteiger charge is -2.32. The fraction of sp³-hybridized carbons (Fsp3) is 0.938. The molecule has 128 valence electrons. The minimum Gasteiger partial charge on any atom is -0.377 e. The van der Waals surface area contributed by atoms with Crippen LogP contribution in [0, 0.1) is 5.92 Å². The quantitative estimate of drug-likeness (QED) is 0.783. The topological polar surface area (TPSA) is 45.3 Å². The van der Waals surface area contributed by atoms with E-state index in [1.807, 2.05) is 4.90 Å². The Morgan fingerprint density at radius 1 is 1.36 bits per heavy atom. The highest BCUT2D eigenvalue weighted by Gasteiger charge is 2.44. The first-order valence-electron chi connectivity index (χ1n) is 8.21. The summed E-state index contributed by atoms with van der Waals surface area (Å²) in [5.74, 6) is 0.505. The zero-order chi connectivity index (χ0) is 16.3. The van der Waals surface area contributed by atoms with Crippen LogP contribution in [0.4, 0.5) is 4.79 Å². The Morgan fingerprint density at radius 3 is 2.73 bits per heavy atom. The van der Waals surface area contributed by atoms with Crippen LogP contribution in [0.3, 0.4) is 0 Å². The van der Waals surface area contributed by atoms with Crippen molar-refractivity contribution in [3.8, 4) is 0 Å². The van der Waals surface area contributed by atoms with Crippen molar-refractivity contribution in [1.82, 2.24) is 14.7 Å². The van der Waals surface area contributed by atoms with Crippen LogP contribution in [0.15, 0.2) is 0 Å². The van der Waals surface area contributed by atoms with E-state index >= 15 is 0 Å². The largest absolute Gasteiger partial charge is 0.377 e. The Bertz CT molecular complexity index is 389. The lowest BCUT2D eigenvalue weighted by atomic mass is 9.93. The fourth-order valence-electron chi connectivity index (χ4n) is 3.24. The highest BCUT2D eigenvalue weighted by molar-refractivity contribution is 5.74. The summed E-state index contributed by atoms with van der Waals surface area (Å²) in [6.07, 6.45) is 0.960. The van der Waals surface area contributed by atoms with Gasteiger partial charge >= 0.3 is 6.03 Å². The number of nitrogens with zero attached hydrogens (tertiary/aromatic N) is 3. The van der Waals surface area contributed by atoms with Crippen molar-refractivity contribution in [3.05, 3.63) is 0 Å². The van der Waals surface area contributed by atoms with E-state index in [0.717, 1.165) is 19.6 Å². The number of hydrogen-bond acceptors (Lipinski definition) is 4. The van der Waals surface area contributed by atoms with E-state index in [1.54, 1.807) is 19.0 Å². The predicted molar refractivity (Wildman–Crippen MR) is 86.0 cm³/mol. The van der Waals surface area contributed by atoms with Gasteiger partial charge < -0.3 is 24.2 Å². The summed E-state index contributed by atoms with van der Waals surface area (Å²) in [6, 6.07) is 0.574. The molecule has 0 aliphatic carbocycles. The number of hydrogen-bond donors (Lipinski definition) is 0. The van der Waals surface area contributed by atoms with Crippen molar-refractivity contribution >= 4 is 6.03 Å². The molecule has 2 saturated heterocycles. The lowest BCUT2D eigenvalue weighted by molar-refractivity contribution is -0.0536. The molecule has 2 amide bonds. The van der Waals surface area contributed by atoms with Crippen LogP contribution in [0.25, 0.3) is 0 Å².